The Kier molecular flexibility index (Phi) is 3.57. The minimum absolute atomic E-state index is 0.264. The van der Waals surface area contributed by atoms with E-state index in [4.69, 9.17) is 21.8 Å². The lowest BCUT2D eigenvalue weighted by atomic mass is 10.6. The average molecular weight is 263 g/mol. The highest BCUT2D eigenvalue weighted by atomic mass is 35.5. The fraction of sp³-hybridized carbons (Fsp3) is 0.286. The fourth-order valence-corrected chi connectivity index (χ4v) is 2.64. The van der Waals surface area contributed by atoms with Crippen molar-refractivity contribution in [2.24, 2.45) is 5.73 Å². The number of rotatable bonds is 4. The Morgan fingerprint density at radius 2 is 2.40 bits per heavy atom. The lowest BCUT2D eigenvalue weighted by Gasteiger charge is -1.90. The minimum atomic E-state index is 0.264. The molecule has 2 aromatic heterocycles. The van der Waals surface area contributed by atoms with Crippen molar-refractivity contribution in [3.8, 4) is 0 Å². The summed E-state index contributed by atoms with van der Waals surface area (Å²) in [7, 11) is 0. The monoisotopic (exact) mass is 262 g/mol. The van der Waals surface area contributed by atoms with Gasteiger partial charge >= 0.3 is 0 Å². The molecule has 2 rings (SSSR count). The van der Waals surface area contributed by atoms with Crippen LogP contribution in [0.5, 0.6) is 0 Å². The summed E-state index contributed by atoms with van der Waals surface area (Å²) in [5, 5.41) is 8.09. The summed E-state index contributed by atoms with van der Waals surface area (Å²) in [4.78, 5) is 5.00. The van der Waals surface area contributed by atoms with Gasteiger partial charge in [-0.25, -0.2) is 4.98 Å². The van der Waals surface area contributed by atoms with E-state index in [0.29, 0.717) is 15.6 Å². The van der Waals surface area contributed by atoms with Crippen LogP contribution in [0.15, 0.2) is 15.8 Å². The molecule has 0 fully saturated rings. The van der Waals surface area contributed by atoms with Crippen LogP contribution in [0, 0.1) is 0 Å². The zero-order chi connectivity index (χ0) is 10.7. The van der Waals surface area contributed by atoms with E-state index in [9.17, 15) is 0 Å². The van der Waals surface area contributed by atoms with Crippen LogP contribution in [0.3, 0.4) is 0 Å². The third-order valence-corrected chi connectivity index (χ3v) is 3.65. The van der Waals surface area contributed by atoms with Gasteiger partial charge in [0.1, 0.15) is 0 Å². The molecular weight excluding hydrogens is 256 g/mol. The van der Waals surface area contributed by atoms with E-state index in [1.165, 1.54) is 23.1 Å². The molecule has 0 aliphatic rings. The van der Waals surface area contributed by atoms with Crippen molar-refractivity contribution in [2.75, 3.05) is 0 Å². The molecule has 0 saturated heterocycles. The van der Waals surface area contributed by atoms with Gasteiger partial charge in [0.25, 0.3) is 5.22 Å². The first-order chi connectivity index (χ1) is 7.28. The maximum atomic E-state index is 5.70. The van der Waals surface area contributed by atoms with Crippen molar-refractivity contribution in [3.05, 3.63) is 21.4 Å². The smallest absolute Gasteiger partial charge is 0.276 e. The summed E-state index contributed by atoms with van der Waals surface area (Å²) in [5.74, 6) is 1.16. The molecule has 2 N–H and O–H groups in total. The van der Waals surface area contributed by atoms with Gasteiger partial charge in [-0.2, -0.15) is 0 Å². The van der Waals surface area contributed by atoms with E-state index in [2.05, 4.69) is 15.2 Å². The molecule has 0 atom stereocenters. The van der Waals surface area contributed by atoms with Crippen LogP contribution in [0.2, 0.25) is 4.47 Å². The Morgan fingerprint density at radius 3 is 3.00 bits per heavy atom. The molecule has 2 aromatic rings. The Morgan fingerprint density at radius 1 is 1.53 bits per heavy atom. The van der Waals surface area contributed by atoms with E-state index >= 15 is 0 Å². The van der Waals surface area contributed by atoms with Crippen LogP contribution in [-0.2, 0) is 12.3 Å². The number of aromatic nitrogens is 3. The van der Waals surface area contributed by atoms with Gasteiger partial charge in [0.2, 0.25) is 5.89 Å². The van der Waals surface area contributed by atoms with Gasteiger partial charge in [-0.3, -0.25) is 0 Å². The predicted molar refractivity (Wildman–Crippen MR) is 58.9 cm³/mol. The SMILES string of the molecule is NCc1nnc(SCc2cnc(Cl)s2)o1. The van der Waals surface area contributed by atoms with Crippen LogP contribution in [0.1, 0.15) is 10.8 Å². The largest absolute Gasteiger partial charge is 0.415 e. The van der Waals surface area contributed by atoms with E-state index in [1.807, 2.05) is 0 Å². The van der Waals surface area contributed by atoms with E-state index < -0.39 is 0 Å². The quantitative estimate of drug-likeness (QED) is 0.849. The van der Waals surface area contributed by atoms with Gasteiger partial charge in [-0.05, 0) is 0 Å². The van der Waals surface area contributed by atoms with Gasteiger partial charge < -0.3 is 10.2 Å². The maximum Gasteiger partial charge on any atom is 0.276 e. The maximum absolute atomic E-state index is 5.70. The number of nitrogens with zero attached hydrogens (tertiary/aromatic N) is 3. The van der Waals surface area contributed by atoms with Crippen LogP contribution < -0.4 is 5.73 Å². The van der Waals surface area contributed by atoms with Crippen molar-refractivity contribution < 1.29 is 4.42 Å². The third-order valence-electron chi connectivity index (χ3n) is 1.49. The molecule has 0 spiro atoms. The molecule has 0 bridgehead atoms. The van der Waals surface area contributed by atoms with E-state index in [1.54, 1.807) is 6.20 Å². The number of hydrogen-bond donors (Lipinski definition) is 1. The zero-order valence-electron chi connectivity index (χ0n) is 7.51. The van der Waals surface area contributed by atoms with Gasteiger partial charge in [0, 0.05) is 16.8 Å². The predicted octanol–water partition coefficient (Wildman–Crippen LogP) is 1.93. The van der Waals surface area contributed by atoms with Crippen LogP contribution >= 0.6 is 34.7 Å². The first-order valence-corrected chi connectivity index (χ1v) is 6.21. The van der Waals surface area contributed by atoms with Crippen molar-refractivity contribution in [1.82, 2.24) is 15.2 Å². The molecule has 0 aliphatic heterocycles. The van der Waals surface area contributed by atoms with Crippen molar-refractivity contribution >= 4 is 34.7 Å². The standard InChI is InChI=1S/C7H7ClN4OS2/c8-6-10-2-4(15-6)3-14-7-12-11-5(1-9)13-7/h2H,1,3,9H2. The Bertz CT molecular complexity index is 444. The third kappa shape index (κ3) is 2.91. The normalized spacial score (nSPS) is 10.8. The van der Waals surface area contributed by atoms with E-state index in [-0.39, 0.29) is 6.54 Å². The zero-order valence-corrected chi connectivity index (χ0v) is 9.90. The van der Waals surface area contributed by atoms with Crippen molar-refractivity contribution in [3.63, 3.8) is 0 Å². The van der Waals surface area contributed by atoms with Crippen LogP contribution in [-0.4, -0.2) is 15.2 Å². The second-order valence-electron chi connectivity index (χ2n) is 2.53. The first kappa shape index (κ1) is 10.9. The number of nitrogens with two attached hydrogens (primary N) is 1. The molecule has 0 radical (unpaired) electrons. The molecule has 0 aromatic carbocycles. The highest BCUT2D eigenvalue weighted by Gasteiger charge is 2.06. The molecule has 0 unspecified atom stereocenters. The molecule has 80 valence electrons. The van der Waals surface area contributed by atoms with Gasteiger partial charge in [-0.1, -0.05) is 23.4 Å². The summed E-state index contributed by atoms with van der Waals surface area (Å²) in [6, 6.07) is 0. The Balaban J connectivity index is 1.93. The molecule has 15 heavy (non-hydrogen) atoms. The first-order valence-electron chi connectivity index (χ1n) is 4.03. The molecule has 0 saturated carbocycles. The topological polar surface area (TPSA) is 77.8 Å². The number of hydrogen-bond acceptors (Lipinski definition) is 7. The van der Waals surface area contributed by atoms with Crippen LogP contribution in [0.4, 0.5) is 0 Å². The highest BCUT2D eigenvalue weighted by Crippen LogP contribution is 2.26. The summed E-state index contributed by atoms with van der Waals surface area (Å²) in [6.07, 6.45) is 1.74. The fourth-order valence-electron chi connectivity index (χ4n) is 0.862. The van der Waals surface area contributed by atoms with Gasteiger partial charge in [0.05, 0.1) is 6.54 Å². The molecule has 8 heteroatoms. The molecule has 0 amide bonds. The second kappa shape index (κ2) is 4.93. The Hall–Kier alpha value is -0.630. The summed E-state index contributed by atoms with van der Waals surface area (Å²) in [5.41, 5.74) is 5.34. The van der Waals surface area contributed by atoms with Crippen molar-refractivity contribution in [2.45, 2.75) is 17.5 Å². The lowest BCUT2D eigenvalue weighted by Crippen LogP contribution is -1.95. The lowest BCUT2D eigenvalue weighted by molar-refractivity contribution is 0.415. The average Bonchev–Trinajstić information content (AvgIpc) is 2.83. The highest BCUT2D eigenvalue weighted by molar-refractivity contribution is 7.98. The van der Waals surface area contributed by atoms with Gasteiger partial charge in [-0.15, -0.1) is 21.5 Å². The van der Waals surface area contributed by atoms with Gasteiger partial charge in [0.15, 0.2) is 4.47 Å². The van der Waals surface area contributed by atoms with E-state index in [0.717, 1.165) is 10.6 Å². The Labute approximate surface area is 99.0 Å². The molecule has 0 aliphatic carbocycles. The van der Waals surface area contributed by atoms with Crippen LogP contribution in [0.25, 0.3) is 0 Å². The molecule has 5 nitrogen and oxygen atoms in total. The number of halogens is 1. The second-order valence-corrected chi connectivity index (χ2v) is 5.16. The number of thioether (sulfide) groups is 1. The summed E-state index contributed by atoms with van der Waals surface area (Å²) >= 11 is 8.58. The molecular formula is C7H7ClN4OS2. The summed E-state index contributed by atoms with van der Waals surface area (Å²) in [6.45, 7) is 0.264. The minimum Gasteiger partial charge on any atom is -0.415 e. The summed E-state index contributed by atoms with van der Waals surface area (Å²) < 4.78 is 5.77. The molecule has 2 heterocycles. The van der Waals surface area contributed by atoms with Crippen molar-refractivity contribution in [1.29, 1.82) is 0 Å². The number of thiazole rings is 1.